The summed E-state index contributed by atoms with van der Waals surface area (Å²) in [5.41, 5.74) is 16.7. The molecule has 16 atom stereocenters. The lowest BCUT2D eigenvalue weighted by Crippen LogP contribution is -2.62. The van der Waals surface area contributed by atoms with Crippen molar-refractivity contribution in [3.05, 3.63) is 132 Å². The number of carbonyl (C=O) groups excluding carboxylic acids is 16. The second kappa shape index (κ2) is 54.5. The van der Waals surface area contributed by atoms with Crippen molar-refractivity contribution in [1.29, 1.82) is 0 Å². The molecule has 2 aliphatic rings. The molecule has 4 bridgehead atoms. The fourth-order valence-corrected chi connectivity index (χ4v) is 23.1. The number of hydrogen-bond donors (Lipinski definition) is 22. The minimum Gasteiger partial charge on any atom is -0.508 e. The molecule has 54 heteroatoms. The van der Waals surface area contributed by atoms with Crippen molar-refractivity contribution < 1.29 is 147 Å². The van der Waals surface area contributed by atoms with Gasteiger partial charge in [-0.1, -0.05) is 106 Å². The lowest BCUT2D eigenvalue weighted by Gasteiger charge is -2.33. The van der Waals surface area contributed by atoms with Gasteiger partial charge >= 0.3 is 17.9 Å². The van der Waals surface area contributed by atoms with Crippen LogP contribution in [0.3, 0.4) is 0 Å². The molecule has 5 aromatic carbocycles. The van der Waals surface area contributed by atoms with Gasteiger partial charge in [0.1, 0.15) is 90.3 Å². The fraction of sp³-hybridized carbons (Fsp3) is 0.478. The third-order valence-corrected chi connectivity index (χ3v) is 31.5. The zero-order chi connectivity index (χ0) is 107. The molecule has 2 heterocycles. The Labute approximate surface area is 840 Å². The summed E-state index contributed by atoms with van der Waals surface area (Å²) in [6, 6.07) is -2.50. The van der Waals surface area contributed by atoms with E-state index in [1.54, 1.807) is 48.5 Å². The quantitative estimate of drug-likeness (QED) is 0.0231. The van der Waals surface area contributed by atoms with Crippen LogP contribution in [0.1, 0.15) is 110 Å². The van der Waals surface area contributed by atoms with Gasteiger partial charge in [0.15, 0.2) is 29.5 Å². The van der Waals surface area contributed by atoms with Crippen LogP contribution in [0.25, 0.3) is 10.8 Å². The molecule has 16 amide bonds. The Hall–Kier alpha value is -13.1. The lowest BCUT2D eigenvalue weighted by atomic mass is 9.85. The molecule has 48 nitrogen and oxygen atoms in total. The van der Waals surface area contributed by atoms with Crippen molar-refractivity contribution in [2.24, 2.45) is 22.6 Å². The first-order valence-electron chi connectivity index (χ1n) is 44.9. The summed E-state index contributed by atoms with van der Waals surface area (Å²) in [4.78, 5) is 271. The number of primary amides is 2. The standard InChI is InChI=1S/C90H119N17O31S6/c1-46(138-131)20-25-59-79(120)101-63(36-53-18-13-17-52-16-11-12-19-58(52)53)81(122)94-49(4)78(119)106-69-45-141-30-33-144(136,137)57-38-55(37-56(39-57)143(134,135)32-29-140-44-68(105-76(117)47(2)91)87(128)95-48(3)77(118)98-64(40-70(92)109)84(125)96-59)142(132,133)31-28-139-43-67(75(93)116)104-89(130)74(90(5,6)7)107-86(127)66(42-73(114)115)103-83(124)62(35-51-21-23-54(108)24-22-51)99-82(123)61(34-50-14-9-8-10-15-50)100-85(126)65(41-72(112)113)102-80(121)60(97-88(69)129)26-27-71(110)111/h8-19,21-24,37-39,46-49,59-69,74,108,131H,20,25-36,40-45,91H2,1-7H3,(H2,92,109)(H2,93,116)(H,94,122)(H,95,128)(H,96,125)(H,97,129)(H,98,118)(H,99,123)(H,100,126)(H,101,120)(H,102,121)(H,103,124)(H,104,130)(H,105,117)(H,106,119)(H,107,127)(H,110,111)(H,112,113)(H,114,115)/t46?,47-,48+,49+,59-,60-,61-,62-,63-,64-,65-,66-,67-,68-,69+,74+/m0/s1. The molecule has 786 valence electrons. The summed E-state index contributed by atoms with van der Waals surface area (Å²) in [6.07, 6.45) is -8.94. The minimum atomic E-state index is -5.05. The Morgan fingerprint density at radius 1 is 0.444 bits per heavy atom. The van der Waals surface area contributed by atoms with Gasteiger partial charge in [-0.25, -0.2) is 30.1 Å². The topological polar surface area (TPSA) is 784 Å². The van der Waals surface area contributed by atoms with Gasteiger partial charge in [0.2, 0.25) is 94.5 Å². The van der Waals surface area contributed by atoms with Crippen molar-refractivity contribution in [3.63, 3.8) is 0 Å². The number of amides is 16. The van der Waals surface area contributed by atoms with E-state index in [4.69, 9.17) is 17.2 Å². The van der Waals surface area contributed by atoms with E-state index in [0.717, 1.165) is 13.8 Å². The molecule has 0 spiro atoms. The molecule has 0 aromatic heterocycles. The number of aromatic hydroxyl groups is 1. The van der Waals surface area contributed by atoms with Gasteiger partial charge in [-0.15, -0.1) is 0 Å². The van der Waals surface area contributed by atoms with E-state index in [9.17, 15) is 123 Å². The van der Waals surface area contributed by atoms with Crippen LogP contribution >= 0.6 is 35.3 Å². The molecule has 0 saturated carbocycles. The zero-order valence-corrected chi connectivity index (χ0v) is 84.1. The summed E-state index contributed by atoms with van der Waals surface area (Å²) in [5, 5.41) is 84.9. The molecule has 25 N–H and O–H groups in total. The third-order valence-electron chi connectivity index (χ3n) is 22.4. The molecule has 0 saturated heterocycles. The maximum atomic E-state index is 15.3. The number of carboxylic acids is 3. The van der Waals surface area contributed by atoms with Crippen molar-refractivity contribution in [2.75, 3.05) is 51.8 Å². The van der Waals surface area contributed by atoms with Gasteiger partial charge < -0.3 is 112 Å². The summed E-state index contributed by atoms with van der Waals surface area (Å²) in [5.74, 6) is -32.8. The van der Waals surface area contributed by atoms with E-state index in [2.05, 4.69) is 79.3 Å². The minimum absolute atomic E-state index is 0.171. The molecule has 0 fully saturated rings. The maximum Gasteiger partial charge on any atom is 0.305 e. The number of thioether (sulfide) groups is 3. The van der Waals surface area contributed by atoms with Crippen molar-refractivity contribution in [3.8, 4) is 5.75 Å². The highest BCUT2D eigenvalue weighted by atomic mass is 32.2. The van der Waals surface area contributed by atoms with Gasteiger partial charge in [-0.3, -0.25) is 96.4 Å². The number of phenolic OH excluding ortho intramolecular Hbond substituents is 1. The number of rotatable bonds is 22. The third kappa shape index (κ3) is 37.2. The molecule has 0 aliphatic carbocycles. The first-order chi connectivity index (χ1) is 67.5. The predicted octanol–water partition coefficient (Wildman–Crippen LogP) is -4.13. The molecule has 0 radical (unpaired) electrons. The van der Waals surface area contributed by atoms with Crippen LogP contribution in [0, 0.1) is 5.41 Å². The molecule has 144 heavy (non-hydrogen) atoms. The lowest BCUT2D eigenvalue weighted by molar-refractivity contribution is -0.275. The fourth-order valence-electron chi connectivity index (χ4n) is 14.3. The van der Waals surface area contributed by atoms with Crippen LogP contribution in [-0.2, 0) is 145 Å². The molecular formula is C90H119N17O31S6. The number of phenols is 1. The van der Waals surface area contributed by atoms with Crippen LogP contribution in [-0.4, -0.2) is 312 Å². The first kappa shape index (κ1) is 118. The number of hydrogen-bond acceptors (Lipinski definition) is 32. The summed E-state index contributed by atoms with van der Waals surface area (Å²) < 4.78 is 89.1. The SMILES string of the molecule is CC(CC[C@@H]1NC(=O)[C@H](CC(N)=O)NC(=O)[C@@H](C)NC(=O)[C@@H](NC(=O)[C@H](C)N)CSCCS(=O)(=O)c2cc3cc(c2)S(=O)(=O)CCSC[C@@H](NC(=O)[C@@H](C)NC(=O)[C@H](Cc2cccc4ccccc24)NC1=O)C(=O)N[C@@H](CCC(=O)O)C(=O)N[C@@H](CC(=O)O)C(=O)N[C@@H](Cc1ccccc1)C(=O)N[C@@H](Cc1ccc(O)cc1)C(=O)N[C@@H](CC(=O)O)C(=O)N[C@@H](C(C)(C)C)C(=O)N[C@H](C(N)=O)CSCCS3(=O)=O)OO. The van der Waals surface area contributed by atoms with Crippen LogP contribution in [0.5, 0.6) is 5.75 Å². The highest BCUT2D eigenvalue weighted by Crippen LogP contribution is 2.29. The van der Waals surface area contributed by atoms with Gasteiger partial charge in [-0.2, -0.15) is 35.3 Å². The summed E-state index contributed by atoms with van der Waals surface area (Å²) in [7, 11) is -14.9. The van der Waals surface area contributed by atoms with E-state index in [-0.39, 0.29) is 23.3 Å². The Bertz CT molecular complexity index is 5920. The number of aliphatic carboxylic acids is 3. The van der Waals surface area contributed by atoms with Crippen LogP contribution in [0.4, 0.5) is 0 Å². The number of nitrogens with two attached hydrogens (primary N) is 3. The number of nitrogens with one attached hydrogen (secondary N) is 14. The highest BCUT2D eigenvalue weighted by molar-refractivity contribution is 8.01. The number of sulfone groups is 3. The van der Waals surface area contributed by atoms with Crippen molar-refractivity contribution in [1.82, 2.24) is 74.4 Å². The molecule has 2 aliphatic heterocycles. The molecule has 7 rings (SSSR count). The largest absolute Gasteiger partial charge is 0.508 e. The summed E-state index contributed by atoms with van der Waals surface area (Å²) >= 11 is 1.82. The Kier molecular flexibility index (Phi) is 44.6. The van der Waals surface area contributed by atoms with Crippen LogP contribution < -0.4 is 91.6 Å². The number of carbonyl (C=O) groups is 19. The highest BCUT2D eigenvalue weighted by Gasteiger charge is 2.42. The van der Waals surface area contributed by atoms with Gasteiger partial charge in [0.25, 0.3) is 0 Å². The Morgan fingerprint density at radius 3 is 1.35 bits per heavy atom. The number of benzene rings is 5. The molecular weight excluding hydrogens is 2010 g/mol. The van der Waals surface area contributed by atoms with Crippen molar-refractivity contribution >= 4 is 188 Å². The predicted molar refractivity (Wildman–Crippen MR) is 522 cm³/mol. The van der Waals surface area contributed by atoms with E-state index in [1.807, 2.05) is 0 Å². The zero-order valence-electron chi connectivity index (χ0n) is 79.2. The van der Waals surface area contributed by atoms with Crippen LogP contribution in [0.15, 0.2) is 130 Å². The number of fused-ring (bicyclic) bond motifs is 8. The Balaban J connectivity index is 1.42. The maximum absolute atomic E-state index is 15.3. The average molecular weight is 2130 g/mol. The van der Waals surface area contributed by atoms with Crippen LogP contribution in [0.2, 0.25) is 0 Å². The van der Waals surface area contributed by atoms with Crippen molar-refractivity contribution in [2.45, 2.75) is 224 Å². The molecule has 5 aromatic rings. The van der Waals surface area contributed by atoms with E-state index in [0.29, 0.717) is 69.8 Å². The normalized spacial score (nSPS) is 24.8. The smallest absolute Gasteiger partial charge is 0.305 e. The summed E-state index contributed by atoms with van der Waals surface area (Å²) in [6.45, 7) is 8.98. The Morgan fingerprint density at radius 2 is 0.854 bits per heavy atom. The van der Waals surface area contributed by atoms with Gasteiger partial charge in [0, 0.05) is 60.2 Å². The second-order valence-corrected chi connectivity index (χ2v) is 44.9. The van der Waals surface area contributed by atoms with Gasteiger partial charge in [-0.05, 0) is 110 Å². The van der Waals surface area contributed by atoms with E-state index in [1.165, 1.54) is 83.1 Å². The van der Waals surface area contributed by atoms with E-state index >= 15 is 19.2 Å². The second-order valence-electron chi connectivity index (χ2n) is 35.1. The first-order valence-corrected chi connectivity index (χ1v) is 53.4. The number of carboxylic acid groups (broad SMARTS) is 3. The van der Waals surface area contributed by atoms with E-state index < -0.39 is 368 Å². The molecule has 1 unspecified atom stereocenters. The monoisotopic (exact) mass is 2130 g/mol. The van der Waals surface area contributed by atoms with Gasteiger partial charge in [0.05, 0.1) is 63.4 Å². The average Bonchev–Trinajstić information content (AvgIpc) is 0.774.